The van der Waals surface area contributed by atoms with Crippen molar-refractivity contribution in [2.45, 2.75) is 33.4 Å². The highest BCUT2D eigenvalue weighted by atomic mass is 35.5. The van der Waals surface area contributed by atoms with Crippen molar-refractivity contribution in [2.75, 3.05) is 5.88 Å². The molecular formula is C13H18ClNO. The van der Waals surface area contributed by atoms with Crippen LogP contribution in [-0.4, -0.2) is 22.7 Å². The van der Waals surface area contributed by atoms with E-state index in [4.69, 9.17) is 11.6 Å². The number of hydrogen-bond acceptors (Lipinski definition) is 1. The summed E-state index contributed by atoms with van der Waals surface area (Å²) in [7, 11) is 0. The van der Waals surface area contributed by atoms with E-state index in [0.717, 1.165) is 5.56 Å². The normalized spacial score (nSPS) is 10.6. The van der Waals surface area contributed by atoms with Crippen molar-refractivity contribution in [3.05, 3.63) is 35.4 Å². The largest absolute Gasteiger partial charge is 0.335 e. The van der Waals surface area contributed by atoms with Crippen LogP contribution in [-0.2, 0) is 11.3 Å². The fourth-order valence-corrected chi connectivity index (χ4v) is 1.80. The van der Waals surface area contributed by atoms with Crippen LogP contribution in [0.2, 0.25) is 0 Å². The second-order valence-corrected chi connectivity index (χ2v) is 4.51. The van der Waals surface area contributed by atoms with E-state index in [-0.39, 0.29) is 17.8 Å². The maximum absolute atomic E-state index is 11.6. The fraction of sp³-hybridized carbons (Fsp3) is 0.462. The first-order chi connectivity index (χ1) is 7.54. The van der Waals surface area contributed by atoms with E-state index >= 15 is 0 Å². The quantitative estimate of drug-likeness (QED) is 0.740. The van der Waals surface area contributed by atoms with E-state index in [1.54, 1.807) is 4.90 Å². The Morgan fingerprint density at radius 3 is 2.62 bits per heavy atom. The first-order valence-electron chi connectivity index (χ1n) is 5.45. The van der Waals surface area contributed by atoms with Gasteiger partial charge in [-0.3, -0.25) is 4.79 Å². The molecule has 1 rings (SSSR count). The van der Waals surface area contributed by atoms with Crippen LogP contribution in [0.3, 0.4) is 0 Å². The first kappa shape index (κ1) is 13.0. The fourth-order valence-electron chi connectivity index (χ4n) is 1.64. The summed E-state index contributed by atoms with van der Waals surface area (Å²) in [6.45, 7) is 6.68. The predicted octanol–water partition coefficient (Wildman–Crippen LogP) is 2.97. The minimum atomic E-state index is -0.0156. The van der Waals surface area contributed by atoms with Crippen LogP contribution in [0.5, 0.6) is 0 Å². The van der Waals surface area contributed by atoms with Crippen LogP contribution < -0.4 is 0 Å². The molecule has 0 saturated carbocycles. The summed E-state index contributed by atoms with van der Waals surface area (Å²) in [5.41, 5.74) is 2.35. The number of nitrogens with zero attached hydrogens (tertiary/aromatic N) is 1. The van der Waals surface area contributed by atoms with Crippen molar-refractivity contribution >= 4 is 17.5 Å². The molecule has 0 saturated heterocycles. The number of amides is 1. The third-order valence-corrected chi connectivity index (χ3v) is 2.72. The lowest BCUT2D eigenvalue weighted by Crippen LogP contribution is -2.37. The lowest BCUT2D eigenvalue weighted by Gasteiger charge is -2.26. The van der Waals surface area contributed by atoms with Gasteiger partial charge in [0.15, 0.2) is 0 Å². The molecule has 2 nitrogen and oxygen atoms in total. The highest BCUT2D eigenvalue weighted by Gasteiger charge is 2.15. The minimum Gasteiger partial charge on any atom is -0.335 e. The van der Waals surface area contributed by atoms with Crippen molar-refractivity contribution in [1.82, 2.24) is 4.90 Å². The maximum atomic E-state index is 11.6. The predicted molar refractivity (Wildman–Crippen MR) is 67.6 cm³/mol. The molecule has 0 aliphatic heterocycles. The van der Waals surface area contributed by atoms with Gasteiger partial charge in [0, 0.05) is 12.6 Å². The Bertz CT molecular complexity index is 363. The van der Waals surface area contributed by atoms with Crippen LogP contribution in [0.25, 0.3) is 0 Å². The molecule has 0 radical (unpaired) electrons. The Balaban J connectivity index is 2.79. The molecule has 3 heteroatoms. The molecular weight excluding hydrogens is 222 g/mol. The van der Waals surface area contributed by atoms with E-state index in [1.807, 2.05) is 39.0 Å². The zero-order valence-corrected chi connectivity index (χ0v) is 10.8. The van der Waals surface area contributed by atoms with Gasteiger partial charge in [-0.05, 0) is 26.3 Å². The van der Waals surface area contributed by atoms with Crippen molar-refractivity contribution in [2.24, 2.45) is 0 Å². The molecule has 0 fully saturated rings. The number of hydrogen-bond donors (Lipinski definition) is 0. The second-order valence-electron chi connectivity index (χ2n) is 4.24. The average molecular weight is 240 g/mol. The van der Waals surface area contributed by atoms with Crippen molar-refractivity contribution in [1.29, 1.82) is 0 Å². The van der Waals surface area contributed by atoms with Gasteiger partial charge in [-0.25, -0.2) is 0 Å². The van der Waals surface area contributed by atoms with Gasteiger partial charge in [-0.15, -0.1) is 11.6 Å². The summed E-state index contributed by atoms with van der Waals surface area (Å²) < 4.78 is 0. The highest BCUT2D eigenvalue weighted by Crippen LogP contribution is 2.11. The monoisotopic (exact) mass is 239 g/mol. The third kappa shape index (κ3) is 3.53. The summed E-state index contributed by atoms with van der Waals surface area (Å²) in [6, 6.07) is 8.36. The van der Waals surface area contributed by atoms with Gasteiger partial charge < -0.3 is 4.90 Å². The molecule has 0 unspecified atom stereocenters. The summed E-state index contributed by atoms with van der Waals surface area (Å²) in [5.74, 6) is 0.0300. The number of rotatable bonds is 4. The van der Waals surface area contributed by atoms with Gasteiger partial charge >= 0.3 is 0 Å². The SMILES string of the molecule is Cc1cccc(CN(C(=O)CCl)C(C)C)c1. The molecule has 16 heavy (non-hydrogen) atoms. The van der Waals surface area contributed by atoms with E-state index < -0.39 is 0 Å². The molecule has 0 bridgehead atoms. The summed E-state index contributed by atoms with van der Waals surface area (Å²) >= 11 is 5.60. The van der Waals surface area contributed by atoms with E-state index in [1.165, 1.54) is 5.56 Å². The lowest BCUT2D eigenvalue weighted by molar-refractivity contribution is -0.130. The average Bonchev–Trinajstić information content (AvgIpc) is 2.24. The van der Waals surface area contributed by atoms with Gasteiger partial charge in [0.05, 0.1) is 0 Å². The Kier molecular flexibility index (Phi) is 4.81. The van der Waals surface area contributed by atoms with Crippen LogP contribution in [0.4, 0.5) is 0 Å². The van der Waals surface area contributed by atoms with Gasteiger partial charge in [-0.2, -0.15) is 0 Å². The summed E-state index contributed by atoms with van der Waals surface area (Å²) in [6.07, 6.45) is 0. The standard InChI is InChI=1S/C13H18ClNO/c1-10(2)15(13(16)8-14)9-12-6-4-5-11(3)7-12/h4-7,10H,8-9H2,1-3H3. The smallest absolute Gasteiger partial charge is 0.238 e. The van der Waals surface area contributed by atoms with Gasteiger partial charge in [0.1, 0.15) is 5.88 Å². The zero-order valence-electron chi connectivity index (χ0n) is 10.0. The molecule has 1 amide bonds. The Labute approximate surface area is 102 Å². The first-order valence-corrected chi connectivity index (χ1v) is 5.99. The molecule has 0 aromatic heterocycles. The molecule has 1 aromatic carbocycles. The van der Waals surface area contributed by atoms with E-state index in [9.17, 15) is 4.79 Å². The Hall–Kier alpha value is -1.02. The maximum Gasteiger partial charge on any atom is 0.238 e. The van der Waals surface area contributed by atoms with Gasteiger partial charge in [0.25, 0.3) is 0 Å². The van der Waals surface area contributed by atoms with E-state index in [0.29, 0.717) is 6.54 Å². The number of alkyl halides is 1. The van der Waals surface area contributed by atoms with Crippen LogP contribution in [0.15, 0.2) is 24.3 Å². The Morgan fingerprint density at radius 2 is 2.12 bits per heavy atom. The minimum absolute atomic E-state index is 0.0156. The molecule has 0 spiro atoms. The topological polar surface area (TPSA) is 20.3 Å². The van der Waals surface area contributed by atoms with Crippen LogP contribution >= 0.6 is 11.6 Å². The zero-order chi connectivity index (χ0) is 12.1. The summed E-state index contributed by atoms with van der Waals surface area (Å²) in [4.78, 5) is 13.4. The molecule has 0 heterocycles. The third-order valence-electron chi connectivity index (χ3n) is 2.49. The molecule has 88 valence electrons. The number of aryl methyl sites for hydroxylation is 1. The number of carbonyl (C=O) groups excluding carboxylic acids is 1. The van der Waals surface area contributed by atoms with Gasteiger partial charge in [0.2, 0.25) is 5.91 Å². The Morgan fingerprint density at radius 1 is 1.44 bits per heavy atom. The highest BCUT2D eigenvalue weighted by molar-refractivity contribution is 6.27. The van der Waals surface area contributed by atoms with Crippen LogP contribution in [0, 0.1) is 6.92 Å². The molecule has 0 aliphatic carbocycles. The molecule has 0 atom stereocenters. The number of carbonyl (C=O) groups is 1. The van der Waals surface area contributed by atoms with Crippen molar-refractivity contribution in [3.63, 3.8) is 0 Å². The molecule has 0 N–H and O–H groups in total. The van der Waals surface area contributed by atoms with Crippen LogP contribution in [0.1, 0.15) is 25.0 Å². The number of halogens is 1. The molecule has 1 aromatic rings. The number of benzene rings is 1. The lowest BCUT2D eigenvalue weighted by atomic mass is 10.1. The molecule has 0 aliphatic rings. The van der Waals surface area contributed by atoms with Crippen molar-refractivity contribution < 1.29 is 4.79 Å². The van der Waals surface area contributed by atoms with Gasteiger partial charge in [-0.1, -0.05) is 29.8 Å². The van der Waals surface area contributed by atoms with E-state index in [2.05, 4.69) is 6.07 Å². The summed E-state index contributed by atoms with van der Waals surface area (Å²) in [5, 5.41) is 0. The van der Waals surface area contributed by atoms with Crippen molar-refractivity contribution in [3.8, 4) is 0 Å². The second kappa shape index (κ2) is 5.90.